The first-order valence-corrected chi connectivity index (χ1v) is 7.69. The molecule has 0 saturated carbocycles. The van der Waals surface area contributed by atoms with E-state index < -0.39 is 0 Å². The lowest BCUT2D eigenvalue weighted by Crippen LogP contribution is -2.37. The number of ether oxygens (including phenoxy) is 2. The van der Waals surface area contributed by atoms with Crippen molar-refractivity contribution in [3.05, 3.63) is 29.8 Å². The van der Waals surface area contributed by atoms with Crippen molar-refractivity contribution in [2.75, 3.05) is 26.4 Å². The molecule has 5 nitrogen and oxygen atoms in total. The fourth-order valence-electron chi connectivity index (χ4n) is 2.87. The first-order chi connectivity index (χ1) is 10.3. The number of nitrogens with zero attached hydrogens (tertiary/aromatic N) is 1. The molecule has 114 valence electrons. The zero-order valence-electron chi connectivity index (χ0n) is 12.3. The molecule has 1 fully saturated rings. The number of aliphatic imine (C=N–C) groups is 1. The minimum absolute atomic E-state index is 0.188. The highest BCUT2D eigenvalue weighted by Gasteiger charge is 2.21. The molecule has 0 radical (unpaired) electrons. The van der Waals surface area contributed by atoms with E-state index in [2.05, 4.69) is 16.4 Å². The van der Waals surface area contributed by atoms with E-state index in [4.69, 9.17) is 15.2 Å². The largest absolute Gasteiger partial charge is 0.493 e. The summed E-state index contributed by atoms with van der Waals surface area (Å²) in [6.07, 6.45) is 3.07. The van der Waals surface area contributed by atoms with Crippen molar-refractivity contribution in [1.82, 2.24) is 5.32 Å². The Hall–Kier alpha value is -1.75. The summed E-state index contributed by atoms with van der Waals surface area (Å²) in [5.74, 6) is 2.07. The number of para-hydroxylation sites is 1. The fraction of sp³-hybridized carbons (Fsp3) is 0.562. The molecule has 21 heavy (non-hydrogen) atoms. The Morgan fingerprint density at radius 1 is 1.19 bits per heavy atom. The quantitative estimate of drug-likeness (QED) is 0.658. The molecule has 1 atom stereocenters. The summed E-state index contributed by atoms with van der Waals surface area (Å²) in [5.41, 5.74) is 7.21. The molecule has 0 spiro atoms. The van der Waals surface area contributed by atoms with Gasteiger partial charge in [0.25, 0.3) is 0 Å². The average Bonchev–Trinajstić information content (AvgIpc) is 2.54. The van der Waals surface area contributed by atoms with Crippen LogP contribution in [-0.4, -0.2) is 32.3 Å². The summed E-state index contributed by atoms with van der Waals surface area (Å²) in [4.78, 5) is 4.50. The normalized spacial score (nSPS) is 23.2. The highest BCUT2D eigenvalue weighted by atomic mass is 16.5. The number of nitrogens with two attached hydrogens (primary N) is 1. The second kappa shape index (κ2) is 6.80. The predicted octanol–water partition coefficient (Wildman–Crippen LogP) is 1.84. The first-order valence-electron chi connectivity index (χ1n) is 7.69. The Morgan fingerprint density at radius 2 is 2.00 bits per heavy atom. The van der Waals surface area contributed by atoms with Crippen LogP contribution in [0.4, 0.5) is 0 Å². The molecule has 3 N–H and O–H groups in total. The minimum Gasteiger partial charge on any atom is -0.493 e. The molecule has 0 aliphatic carbocycles. The van der Waals surface area contributed by atoms with Gasteiger partial charge in [0.15, 0.2) is 5.96 Å². The minimum atomic E-state index is 0.188. The van der Waals surface area contributed by atoms with Crippen LogP contribution in [0.5, 0.6) is 5.75 Å². The van der Waals surface area contributed by atoms with E-state index >= 15 is 0 Å². The topological polar surface area (TPSA) is 68.9 Å². The Labute approximate surface area is 125 Å². The maximum absolute atomic E-state index is 6.05. The summed E-state index contributed by atoms with van der Waals surface area (Å²) in [6.45, 7) is 3.19. The van der Waals surface area contributed by atoms with Gasteiger partial charge in [-0.25, -0.2) is 0 Å². The zero-order chi connectivity index (χ0) is 14.5. The first kappa shape index (κ1) is 14.2. The number of guanidine groups is 1. The van der Waals surface area contributed by atoms with E-state index in [1.165, 1.54) is 0 Å². The van der Waals surface area contributed by atoms with Crippen molar-refractivity contribution < 1.29 is 9.47 Å². The number of fused-ring (bicyclic) bond motifs is 1. The van der Waals surface area contributed by atoms with Gasteiger partial charge in [0, 0.05) is 31.7 Å². The van der Waals surface area contributed by atoms with Crippen LogP contribution in [0.2, 0.25) is 0 Å². The van der Waals surface area contributed by atoms with Crippen molar-refractivity contribution >= 4 is 5.96 Å². The summed E-state index contributed by atoms with van der Waals surface area (Å²) in [6, 6.07) is 8.28. The van der Waals surface area contributed by atoms with Gasteiger partial charge in [-0.05, 0) is 24.8 Å². The molecule has 1 aromatic rings. The summed E-state index contributed by atoms with van der Waals surface area (Å²) in [7, 11) is 0. The number of hydrogen-bond donors (Lipinski definition) is 2. The molecule has 3 rings (SSSR count). The van der Waals surface area contributed by atoms with E-state index in [-0.39, 0.29) is 6.04 Å². The summed E-state index contributed by atoms with van der Waals surface area (Å²) >= 11 is 0. The highest BCUT2D eigenvalue weighted by molar-refractivity contribution is 5.78. The lowest BCUT2D eigenvalue weighted by molar-refractivity contribution is 0.0689. The van der Waals surface area contributed by atoms with E-state index in [0.717, 1.165) is 50.3 Å². The molecule has 1 saturated heterocycles. The van der Waals surface area contributed by atoms with E-state index in [0.29, 0.717) is 18.5 Å². The predicted molar refractivity (Wildman–Crippen MR) is 82.5 cm³/mol. The molecule has 0 aromatic heterocycles. The summed E-state index contributed by atoms with van der Waals surface area (Å²) in [5, 5.41) is 3.33. The molecular weight excluding hydrogens is 266 g/mol. The molecule has 5 heteroatoms. The lowest BCUT2D eigenvalue weighted by Gasteiger charge is -2.27. The zero-order valence-corrected chi connectivity index (χ0v) is 12.3. The van der Waals surface area contributed by atoms with Crippen LogP contribution < -0.4 is 15.8 Å². The van der Waals surface area contributed by atoms with Gasteiger partial charge in [0.05, 0.1) is 12.6 Å². The van der Waals surface area contributed by atoms with Crippen molar-refractivity contribution in [2.24, 2.45) is 16.6 Å². The second-order valence-corrected chi connectivity index (χ2v) is 5.65. The molecule has 2 aliphatic rings. The van der Waals surface area contributed by atoms with Gasteiger partial charge in [-0.15, -0.1) is 0 Å². The van der Waals surface area contributed by atoms with Crippen LogP contribution in [0.3, 0.4) is 0 Å². The SMILES string of the molecule is NC(=NCC1CCOCC1)NC1CCOc2ccccc21. The van der Waals surface area contributed by atoms with Gasteiger partial charge in [0.1, 0.15) is 5.75 Å². The van der Waals surface area contributed by atoms with E-state index in [1.807, 2.05) is 18.2 Å². The van der Waals surface area contributed by atoms with Gasteiger partial charge in [-0.1, -0.05) is 18.2 Å². The number of benzene rings is 1. The molecule has 1 unspecified atom stereocenters. The number of nitrogens with one attached hydrogen (secondary N) is 1. The molecule has 2 aliphatic heterocycles. The smallest absolute Gasteiger partial charge is 0.189 e. The van der Waals surface area contributed by atoms with E-state index in [1.54, 1.807) is 0 Å². The molecular formula is C16H23N3O2. The maximum atomic E-state index is 6.05. The number of rotatable bonds is 3. The Kier molecular flexibility index (Phi) is 4.60. The van der Waals surface area contributed by atoms with Gasteiger partial charge >= 0.3 is 0 Å². The van der Waals surface area contributed by atoms with E-state index in [9.17, 15) is 0 Å². The average molecular weight is 289 g/mol. The Bertz CT molecular complexity index is 498. The Balaban J connectivity index is 1.58. The van der Waals surface area contributed by atoms with Gasteiger partial charge < -0.3 is 20.5 Å². The van der Waals surface area contributed by atoms with Crippen molar-refractivity contribution in [3.63, 3.8) is 0 Å². The van der Waals surface area contributed by atoms with Gasteiger partial charge in [-0.3, -0.25) is 4.99 Å². The lowest BCUT2D eigenvalue weighted by atomic mass is 10.0. The molecule has 0 bridgehead atoms. The summed E-state index contributed by atoms with van der Waals surface area (Å²) < 4.78 is 11.0. The second-order valence-electron chi connectivity index (χ2n) is 5.65. The van der Waals surface area contributed by atoms with Crippen LogP contribution in [0.1, 0.15) is 30.9 Å². The standard InChI is InChI=1S/C16H23N3O2/c17-16(18-11-12-5-8-20-9-6-12)19-14-7-10-21-15-4-2-1-3-13(14)15/h1-4,12,14H,5-11H2,(H3,17,18,19). The van der Waals surface area contributed by atoms with Crippen LogP contribution in [0.25, 0.3) is 0 Å². The number of hydrogen-bond acceptors (Lipinski definition) is 3. The maximum Gasteiger partial charge on any atom is 0.189 e. The third-order valence-corrected chi connectivity index (χ3v) is 4.14. The van der Waals surface area contributed by atoms with Crippen LogP contribution >= 0.6 is 0 Å². The van der Waals surface area contributed by atoms with Crippen LogP contribution in [-0.2, 0) is 4.74 Å². The van der Waals surface area contributed by atoms with Gasteiger partial charge in [-0.2, -0.15) is 0 Å². The highest BCUT2D eigenvalue weighted by Crippen LogP contribution is 2.31. The van der Waals surface area contributed by atoms with Crippen LogP contribution in [0.15, 0.2) is 29.3 Å². The third-order valence-electron chi connectivity index (χ3n) is 4.14. The van der Waals surface area contributed by atoms with Crippen molar-refractivity contribution in [3.8, 4) is 5.75 Å². The fourth-order valence-corrected chi connectivity index (χ4v) is 2.87. The van der Waals surface area contributed by atoms with Crippen molar-refractivity contribution in [1.29, 1.82) is 0 Å². The monoisotopic (exact) mass is 289 g/mol. The molecule has 1 aromatic carbocycles. The van der Waals surface area contributed by atoms with Crippen LogP contribution in [0, 0.1) is 5.92 Å². The Morgan fingerprint density at radius 3 is 2.86 bits per heavy atom. The third kappa shape index (κ3) is 3.67. The molecule has 2 heterocycles. The van der Waals surface area contributed by atoms with Gasteiger partial charge in [0.2, 0.25) is 0 Å². The molecule has 0 amide bonds. The van der Waals surface area contributed by atoms with Crippen molar-refractivity contribution in [2.45, 2.75) is 25.3 Å².